The quantitative estimate of drug-likeness (QED) is 0.158. The van der Waals surface area contributed by atoms with Crippen molar-refractivity contribution < 1.29 is 0 Å². The summed E-state index contributed by atoms with van der Waals surface area (Å²) in [5.41, 5.74) is 0. The summed E-state index contributed by atoms with van der Waals surface area (Å²) in [5.74, 6) is 0. The predicted octanol–water partition coefficient (Wildman–Crippen LogP) is 7.44. The van der Waals surface area contributed by atoms with Gasteiger partial charge in [-0.2, -0.15) is 0 Å². The van der Waals surface area contributed by atoms with E-state index < -0.39 is 0 Å². The Bertz CT molecular complexity index is 186. The van der Waals surface area contributed by atoms with Crippen molar-refractivity contribution in [1.82, 2.24) is 0 Å². The van der Waals surface area contributed by atoms with Gasteiger partial charge in [0, 0.05) is 11.0 Å². The maximum Gasteiger partial charge on any atom is 0 e. The van der Waals surface area contributed by atoms with E-state index in [1.54, 1.807) is 0 Å². The largest absolute Gasteiger partial charge is 0.0885 e. The lowest BCUT2D eigenvalue weighted by molar-refractivity contribution is 0.550. The van der Waals surface area contributed by atoms with Crippen molar-refractivity contribution in [3.05, 3.63) is 12.2 Å². The van der Waals surface area contributed by atoms with E-state index in [2.05, 4.69) is 26.0 Å². The highest BCUT2D eigenvalue weighted by Crippen LogP contribution is 2.12. The Morgan fingerprint density at radius 3 is 1.14 bits per heavy atom. The van der Waals surface area contributed by atoms with Crippen LogP contribution in [0.1, 0.15) is 117 Å². The molecule has 0 fully saturated rings. The third kappa shape index (κ3) is 22.4. The van der Waals surface area contributed by atoms with Crippen molar-refractivity contribution in [2.45, 2.75) is 117 Å². The van der Waals surface area contributed by atoms with Crippen LogP contribution in [-0.4, -0.2) is 11.0 Å². The maximum absolute atomic E-state index is 2.41. The second-order valence-corrected chi connectivity index (χ2v) is 6.29. The molecule has 0 saturated heterocycles. The number of rotatable bonds is 16. The molecule has 4 radical (unpaired) electrons. The average molecular weight is 309 g/mol. The normalized spacial score (nSPS) is 11.0. The standard InChI is InChI=1S/C20H40.Si/c1-3-5-7-9-11-13-15-17-19-20-18-16-14-12-10-8-6-4-2;/h11,13H,3-10,12,14-20H2,1-2H3;. The SMILES string of the molecule is CCCCCC=CCCCCCCCCCCCCC.[Si]. The fourth-order valence-electron chi connectivity index (χ4n) is 2.67. The van der Waals surface area contributed by atoms with E-state index in [9.17, 15) is 0 Å². The first-order valence-electron chi connectivity index (χ1n) is 9.56. The van der Waals surface area contributed by atoms with Crippen molar-refractivity contribution >= 4 is 11.0 Å². The summed E-state index contributed by atoms with van der Waals surface area (Å²) in [4.78, 5) is 0. The van der Waals surface area contributed by atoms with Gasteiger partial charge < -0.3 is 0 Å². The molecule has 0 aliphatic rings. The van der Waals surface area contributed by atoms with Crippen LogP contribution in [-0.2, 0) is 0 Å². The molecule has 0 amide bonds. The zero-order chi connectivity index (χ0) is 14.7. The lowest BCUT2D eigenvalue weighted by Crippen LogP contribution is -1.82. The van der Waals surface area contributed by atoms with E-state index in [1.807, 2.05) is 0 Å². The molecule has 0 unspecified atom stereocenters. The van der Waals surface area contributed by atoms with Gasteiger partial charge in [0.15, 0.2) is 0 Å². The maximum atomic E-state index is 2.41. The highest BCUT2D eigenvalue weighted by atomic mass is 28.1. The molecule has 0 heterocycles. The van der Waals surface area contributed by atoms with Gasteiger partial charge in [0.1, 0.15) is 0 Å². The summed E-state index contributed by atoms with van der Waals surface area (Å²) < 4.78 is 0. The van der Waals surface area contributed by atoms with E-state index in [1.165, 1.54) is 103 Å². The summed E-state index contributed by atoms with van der Waals surface area (Å²) >= 11 is 0. The molecular formula is C20H40Si. The van der Waals surface area contributed by atoms with E-state index in [4.69, 9.17) is 0 Å². The van der Waals surface area contributed by atoms with Gasteiger partial charge in [-0.1, -0.05) is 103 Å². The molecule has 1 heteroatoms. The molecule has 0 N–H and O–H groups in total. The zero-order valence-corrected chi connectivity index (χ0v) is 16.0. The Balaban J connectivity index is 0. The molecule has 0 saturated carbocycles. The van der Waals surface area contributed by atoms with Gasteiger partial charge in [-0.3, -0.25) is 0 Å². The Kier molecular flexibility index (Phi) is 24.6. The topological polar surface area (TPSA) is 0 Å². The van der Waals surface area contributed by atoms with Gasteiger partial charge in [-0.15, -0.1) is 0 Å². The molecule has 0 spiro atoms. The Hall–Kier alpha value is -0.0431. The molecule has 0 atom stereocenters. The van der Waals surface area contributed by atoms with E-state index in [0.717, 1.165) is 0 Å². The van der Waals surface area contributed by atoms with Crippen LogP contribution < -0.4 is 0 Å². The highest BCUT2D eigenvalue weighted by molar-refractivity contribution is 5.75. The first-order chi connectivity index (χ1) is 9.91. The van der Waals surface area contributed by atoms with Crippen molar-refractivity contribution in [1.29, 1.82) is 0 Å². The summed E-state index contributed by atoms with van der Waals surface area (Å²) in [5, 5.41) is 0. The minimum absolute atomic E-state index is 0. The van der Waals surface area contributed by atoms with Crippen LogP contribution in [0.15, 0.2) is 12.2 Å². The summed E-state index contributed by atoms with van der Waals surface area (Å²) in [6.07, 6.45) is 27.4. The first kappa shape index (κ1) is 23.2. The van der Waals surface area contributed by atoms with Gasteiger partial charge in [0.2, 0.25) is 0 Å². The smallest absolute Gasteiger partial charge is 0 e. The molecule has 124 valence electrons. The summed E-state index contributed by atoms with van der Waals surface area (Å²) in [6, 6.07) is 0. The summed E-state index contributed by atoms with van der Waals surface area (Å²) in [7, 11) is 0. The van der Waals surface area contributed by atoms with Crippen LogP contribution in [0.5, 0.6) is 0 Å². The molecule has 21 heavy (non-hydrogen) atoms. The third-order valence-corrected chi connectivity index (χ3v) is 4.12. The fraction of sp³-hybridized carbons (Fsp3) is 0.900. The fourth-order valence-corrected chi connectivity index (χ4v) is 2.67. The monoisotopic (exact) mass is 308 g/mol. The van der Waals surface area contributed by atoms with Crippen LogP contribution in [0.4, 0.5) is 0 Å². The van der Waals surface area contributed by atoms with E-state index in [-0.39, 0.29) is 11.0 Å². The highest BCUT2D eigenvalue weighted by Gasteiger charge is 1.92. The lowest BCUT2D eigenvalue weighted by Gasteiger charge is -2.01. The second-order valence-electron chi connectivity index (χ2n) is 6.29. The predicted molar refractivity (Wildman–Crippen MR) is 100 cm³/mol. The molecule has 0 bridgehead atoms. The van der Waals surface area contributed by atoms with Crippen molar-refractivity contribution in [2.24, 2.45) is 0 Å². The summed E-state index contributed by atoms with van der Waals surface area (Å²) in [6.45, 7) is 4.56. The molecule has 0 rings (SSSR count). The Morgan fingerprint density at radius 2 is 0.714 bits per heavy atom. The second kappa shape index (κ2) is 22.2. The molecule has 0 aromatic carbocycles. The molecule has 0 aliphatic carbocycles. The van der Waals surface area contributed by atoms with Crippen LogP contribution in [0.3, 0.4) is 0 Å². The zero-order valence-electron chi connectivity index (χ0n) is 15.0. The Labute approximate surface area is 140 Å². The van der Waals surface area contributed by atoms with Crippen LogP contribution in [0.25, 0.3) is 0 Å². The van der Waals surface area contributed by atoms with Gasteiger partial charge in [-0.05, 0) is 25.7 Å². The first-order valence-corrected chi connectivity index (χ1v) is 9.56. The lowest BCUT2D eigenvalue weighted by atomic mass is 10.1. The number of hydrogen-bond acceptors (Lipinski definition) is 0. The van der Waals surface area contributed by atoms with Crippen molar-refractivity contribution in [2.75, 3.05) is 0 Å². The minimum atomic E-state index is 0. The van der Waals surface area contributed by atoms with E-state index >= 15 is 0 Å². The van der Waals surface area contributed by atoms with Gasteiger partial charge in [0.25, 0.3) is 0 Å². The van der Waals surface area contributed by atoms with Gasteiger partial charge >= 0.3 is 0 Å². The molecule has 0 aliphatic heterocycles. The van der Waals surface area contributed by atoms with Crippen molar-refractivity contribution in [3.63, 3.8) is 0 Å². The molecule has 0 aromatic rings. The number of allylic oxidation sites excluding steroid dienone is 2. The number of unbranched alkanes of at least 4 members (excludes halogenated alkanes) is 14. The molecular weight excluding hydrogens is 268 g/mol. The van der Waals surface area contributed by atoms with Crippen LogP contribution in [0, 0.1) is 0 Å². The average Bonchev–Trinajstić information content (AvgIpc) is 2.47. The van der Waals surface area contributed by atoms with Crippen LogP contribution >= 0.6 is 0 Å². The Morgan fingerprint density at radius 1 is 0.429 bits per heavy atom. The number of hydrogen-bond donors (Lipinski definition) is 0. The molecule has 0 aromatic heterocycles. The van der Waals surface area contributed by atoms with Crippen LogP contribution in [0.2, 0.25) is 0 Å². The molecule has 0 nitrogen and oxygen atoms in total. The van der Waals surface area contributed by atoms with Gasteiger partial charge in [-0.25, -0.2) is 0 Å². The minimum Gasteiger partial charge on any atom is -0.0885 e. The third-order valence-electron chi connectivity index (χ3n) is 4.12. The van der Waals surface area contributed by atoms with Gasteiger partial charge in [0.05, 0.1) is 0 Å². The van der Waals surface area contributed by atoms with E-state index in [0.29, 0.717) is 0 Å². The van der Waals surface area contributed by atoms with Crippen molar-refractivity contribution in [3.8, 4) is 0 Å².